The number of likely N-dealkylation sites (tertiary alicyclic amines) is 1. The lowest BCUT2D eigenvalue weighted by Gasteiger charge is -2.31. The Hall–Kier alpha value is -2.74. The molecule has 1 aliphatic rings. The lowest BCUT2D eigenvalue weighted by molar-refractivity contribution is 0.0969. The van der Waals surface area contributed by atoms with Crippen molar-refractivity contribution in [3.63, 3.8) is 0 Å². The van der Waals surface area contributed by atoms with Crippen molar-refractivity contribution >= 4 is 10.9 Å². The molecule has 0 amide bonds. The quantitative estimate of drug-likeness (QED) is 0.636. The number of hydrogen-bond donors (Lipinski definition) is 0. The second-order valence-corrected chi connectivity index (χ2v) is 7.43. The molecule has 4 rings (SSSR count). The molecule has 0 N–H and O–H groups in total. The van der Waals surface area contributed by atoms with Crippen LogP contribution in [-0.4, -0.2) is 44.6 Å². The van der Waals surface area contributed by atoms with Gasteiger partial charge in [-0.15, -0.1) is 0 Å². The maximum absolute atomic E-state index is 12.8. The Morgan fingerprint density at radius 1 is 1.21 bits per heavy atom. The van der Waals surface area contributed by atoms with E-state index in [1.807, 2.05) is 24.3 Å². The molecule has 154 valence electrons. The van der Waals surface area contributed by atoms with Crippen LogP contribution in [0.5, 0.6) is 5.75 Å². The molecule has 29 heavy (non-hydrogen) atoms. The summed E-state index contributed by atoms with van der Waals surface area (Å²) in [7, 11) is 1.72. The van der Waals surface area contributed by atoms with Crippen LogP contribution in [0.2, 0.25) is 0 Å². The highest BCUT2D eigenvalue weighted by Crippen LogP contribution is 2.29. The minimum absolute atomic E-state index is 0.0573. The molecule has 1 fully saturated rings. The molecule has 1 aromatic carbocycles. The van der Waals surface area contributed by atoms with Gasteiger partial charge in [0.25, 0.3) is 12.0 Å². The van der Waals surface area contributed by atoms with Gasteiger partial charge in [-0.05, 0) is 31.0 Å². The van der Waals surface area contributed by atoms with E-state index < -0.39 is 6.43 Å². The van der Waals surface area contributed by atoms with Crippen LogP contribution in [0.3, 0.4) is 0 Å². The maximum Gasteiger partial charge on any atom is 0.273 e. The highest BCUT2D eigenvalue weighted by atomic mass is 19.3. The number of piperidine rings is 1. The maximum atomic E-state index is 12.8. The average Bonchev–Trinajstić information content (AvgIpc) is 3.10. The largest absolute Gasteiger partial charge is 0.490 e. The topological polar surface area (TPSA) is 52.3 Å². The van der Waals surface area contributed by atoms with E-state index in [0.29, 0.717) is 12.2 Å². The van der Waals surface area contributed by atoms with Crippen LogP contribution >= 0.6 is 0 Å². The number of benzene rings is 1. The fraction of sp³-hybridized carbons (Fsp3) is 0.429. The third kappa shape index (κ3) is 4.32. The molecule has 0 aliphatic carbocycles. The number of hydrogen-bond acceptors (Lipinski definition) is 4. The van der Waals surface area contributed by atoms with Crippen molar-refractivity contribution in [2.24, 2.45) is 7.05 Å². The van der Waals surface area contributed by atoms with E-state index in [4.69, 9.17) is 4.74 Å². The first kappa shape index (κ1) is 19.6. The van der Waals surface area contributed by atoms with Gasteiger partial charge in [-0.3, -0.25) is 14.7 Å². The Bertz CT molecular complexity index is 1040. The first-order valence-corrected chi connectivity index (χ1v) is 9.77. The molecule has 3 aromatic rings. The molecule has 2 aromatic heterocycles. The van der Waals surface area contributed by atoms with Crippen molar-refractivity contribution < 1.29 is 13.5 Å². The van der Waals surface area contributed by atoms with E-state index in [2.05, 4.69) is 9.88 Å². The molecule has 6 nitrogen and oxygen atoms in total. The van der Waals surface area contributed by atoms with Gasteiger partial charge in [0.05, 0.1) is 12.1 Å². The van der Waals surface area contributed by atoms with Gasteiger partial charge in [-0.2, -0.15) is 0 Å². The van der Waals surface area contributed by atoms with Gasteiger partial charge >= 0.3 is 0 Å². The van der Waals surface area contributed by atoms with Crippen LogP contribution in [0.1, 0.15) is 18.5 Å². The first-order valence-electron chi connectivity index (χ1n) is 9.77. The number of fused-ring (bicyclic) bond motifs is 1. The lowest BCUT2D eigenvalue weighted by atomic mass is 10.1. The molecular formula is C21H24F2N4O2. The molecule has 3 heterocycles. The number of rotatable bonds is 6. The van der Waals surface area contributed by atoms with Crippen molar-refractivity contribution in [1.29, 1.82) is 0 Å². The number of ether oxygens (including phenoxy) is 1. The van der Waals surface area contributed by atoms with E-state index >= 15 is 0 Å². The number of alkyl halides is 2. The fourth-order valence-electron chi connectivity index (χ4n) is 3.84. The Balaban J connectivity index is 1.39. The minimum Gasteiger partial charge on any atom is -0.490 e. The van der Waals surface area contributed by atoms with Gasteiger partial charge in [-0.25, -0.2) is 8.78 Å². The zero-order chi connectivity index (χ0) is 20.4. The van der Waals surface area contributed by atoms with E-state index in [1.165, 1.54) is 0 Å². The summed E-state index contributed by atoms with van der Waals surface area (Å²) in [6.45, 7) is 1.84. The van der Waals surface area contributed by atoms with Crippen molar-refractivity contribution in [3.8, 4) is 5.75 Å². The molecule has 0 radical (unpaired) electrons. The van der Waals surface area contributed by atoms with Crippen LogP contribution in [0, 0.1) is 0 Å². The summed E-state index contributed by atoms with van der Waals surface area (Å²) in [4.78, 5) is 18.6. The van der Waals surface area contributed by atoms with Crippen molar-refractivity contribution in [1.82, 2.24) is 19.0 Å². The smallest absolute Gasteiger partial charge is 0.273 e. The number of aromatic nitrogens is 3. The highest BCUT2D eigenvalue weighted by Gasteiger charge is 2.22. The van der Waals surface area contributed by atoms with Crippen molar-refractivity contribution in [2.75, 3.05) is 13.1 Å². The molecule has 0 bridgehead atoms. The monoisotopic (exact) mass is 402 g/mol. The zero-order valence-electron chi connectivity index (χ0n) is 16.3. The fourth-order valence-corrected chi connectivity index (χ4v) is 3.84. The van der Waals surface area contributed by atoms with Crippen LogP contribution in [-0.2, 0) is 20.1 Å². The first-order chi connectivity index (χ1) is 14.0. The molecule has 8 heteroatoms. The number of aryl methyl sites for hydroxylation is 1. The van der Waals surface area contributed by atoms with Gasteiger partial charge in [0.1, 0.15) is 17.5 Å². The van der Waals surface area contributed by atoms with Crippen LogP contribution in [0.4, 0.5) is 8.78 Å². The second kappa shape index (κ2) is 8.32. The molecular weight excluding hydrogens is 378 g/mol. The van der Waals surface area contributed by atoms with Crippen LogP contribution in [0.25, 0.3) is 10.9 Å². The summed E-state index contributed by atoms with van der Waals surface area (Å²) >= 11 is 0. The Morgan fingerprint density at radius 3 is 2.76 bits per heavy atom. The number of nitrogens with zero attached hydrogens (tertiary/aromatic N) is 4. The Kier molecular flexibility index (Phi) is 5.62. The van der Waals surface area contributed by atoms with Gasteiger partial charge in [0, 0.05) is 50.7 Å². The summed E-state index contributed by atoms with van der Waals surface area (Å²) in [5.74, 6) is 0.729. The predicted octanol–water partition coefficient (Wildman–Crippen LogP) is 3.04. The molecule has 1 saturated heterocycles. The highest BCUT2D eigenvalue weighted by molar-refractivity contribution is 5.86. The van der Waals surface area contributed by atoms with E-state index in [0.717, 1.165) is 42.6 Å². The third-order valence-electron chi connectivity index (χ3n) is 5.40. The summed E-state index contributed by atoms with van der Waals surface area (Å²) in [5, 5.41) is 0.854. The molecule has 0 atom stereocenters. The summed E-state index contributed by atoms with van der Waals surface area (Å²) in [6, 6.07) is 7.39. The van der Waals surface area contributed by atoms with Crippen molar-refractivity contribution in [2.45, 2.75) is 38.5 Å². The minimum atomic E-state index is -2.39. The average molecular weight is 402 g/mol. The van der Waals surface area contributed by atoms with Crippen LogP contribution < -0.4 is 10.3 Å². The Morgan fingerprint density at radius 2 is 2.00 bits per heavy atom. The second-order valence-electron chi connectivity index (χ2n) is 7.43. The van der Waals surface area contributed by atoms with Crippen LogP contribution in [0.15, 0.2) is 47.7 Å². The van der Waals surface area contributed by atoms with Crippen molar-refractivity contribution in [3.05, 3.63) is 58.9 Å². The number of halogens is 2. The van der Waals surface area contributed by atoms with E-state index in [1.54, 1.807) is 34.8 Å². The summed E-state index contributed by atoms with van der Waals surface area (Å²) < 4.78 is 34.8. The van der Waals surface area contributed by atoms with Gasteiger partial charge in [-0.1, -0.05) is 6.07 Å². The summed E-state index contributed by atoms with van der Waals surface area (Å²) in [6.07, 6.45) is 4.31. The molecule has 0 spiro atoms. The molecule has 0 unspecified atom stereocenters. The zero-order valence-corrected chi connectivity index (χ0v) is 16.3. The van der Waals surface area contributed by atoms with Gasteiger partial charge in [0.15, 0.2) is 0 Å². The standard InChI is InChI=1S/C21H24F2N4O2/c1-25-12-8-24-17(21(25)28)13-26-9-5-15(6-10-26)29-19-4-2-3-18-16(19)7-11-27(18)14-20(22)23/h2-4,7-8,11-12,15,20H,5-6,9-10,13-14H2,1H3. The third-order valence-corrected chi connectivity index (χ3v) is 5.40. The van der Waals surface area contributed by atoms with E-state index in [9.17, 15) is 13.6 Å². The van der Waals surface area contributed by atoms with Gasteiger partial charge in [0.2, 0.25) is 0 Å². The predicted molar refractivity (Wildman–Crippen MR) is 106 cm³/mol. The molecule has 0 saturated carbocycles. The molecule has 1 aliphatic heterocycles. The SMILES string of the molecule is Cn1ccnc(CN2CCC(Oc3cccc4c3ccn4CC(F)F)CC2)c1=O. The Labute approximate surface area is 167 Å². The summed E-state index contributed by atoms with van der Waals surface area (Å²) in [5.41, 5.74) is 1.25. The normalized spacial score (nSPS) is 16.0. The van der Waals surface area contributed by atoms with Gasteiger partial charge < -0.3 is 13.9 Å². The van der Waals surface area contributed by atoms with E-state index in [-0.39, 0.29) is 18.2 Å². The lowest BCUT2D eigenvalue weighted by Crippen LogP contribution is -2.39.